The number of benzene rings is 1. The summed E-state index contributed by atoms with van der Waals surface area (Å²) in [5.41, 5.74) is 2.38. The van der Waals surface area contributed by atoms with Crippen LogP contribution < -0.4 is 4.74 Å². The van der Waals surface area contributed by atoms with E-state index in [1.165, 1.54) is 0 Å². The lowest BCUT2D eigenvalue weighted by Gasteiger charge is -2.32. The lowest BCUT2D eigenvalue weighted by molar-refractivity contribution is 0.0595. The molecule has 1 aromatic heterocycles. The first-order valence-electron chi connectivity index (χ1n) is 7.05. The van der Waals surface area contributed by atoms with Crippen LogP contribution in [0.5, 0.6) is 5.75 Å². The Balaban J connectivity index is 1.95. The van der Waals surface area contributed by atoms with Crippen LogP contribution in [0.1, 0.15) is 35.3 Å². The number of carbonyl (C=O) groups is 1. The highest BCUT2D eigenvalue weighted by molar-refractivity contribution is 9.10. The van der Waals surface area contributed by atoms with Gasteiger partial charge in [-0.3, -0.25) is 4.79 Å². The fourth-order valence-electron chi connectivity index (χ4n) is 2.87. The van der Waals surface area contributed by atoms with Crippen molar-refractivity contribution in [3.8, 4) is 5.75 Å². The Morgan fingerprint density at radius 1 is 1.23 bits per heavy atom. The highest BCUT2D eigenvalue weighted by atomic mass is 79.9. The molecule has 0 fully saturated rings. The fourth-order valence-corrected chi connectivity index (χ4v) is 3.37. The highest BCUT2D eigenvalue weighted by Crippen LogP contribution is 2.41. The molecule has 0 spiro atoms. The molecule has 0 aliphatic carbocycles. The lowest BCUT2D eigenvalue weighted by Crippen LogP contribution is -2.38. The molecule has 0 saturated heterocycles. The van der Waals surface area contributed by atoms with E-state index in [9.17, 15) is 4.79 Å². The van der Waals surface area contributed by atoms with E-state index in [0.29, 0.717) is 16.7 Å². The van der Waals surface area contributed by atoms with Crippen LogP contribution in [0.3, 0.4) is 0 Å². The molecule has 0 atom stereocenters. The van der Waals surface area contributed by atoms with E-state index in [2.05, 4.69) is 34.8 Å². The van der Waals surface area contributed by atoms with Gasteiger partial charge in [-0.05, 0) is 59.1 Å². The Kier molecular flexibility index (Phi) is 3.68. The summed E-state index contributed by atoms with van der Waals surface area (Å²) in [7, 11) is 1.64. The molecule has 2 aromatic rings. The monoisotopic (exact) mass is 360 g/mol. The van der Waals surface area contributed by atoms with E-state index in [-0.39, 0.29) is 11.4 Å². The molecule has 114 valence electrons. The molecule has 0 radical (unpaired) electrons. The van der Waals surface area contributed by atoms with Crippen LogP contribution in [-0.4, -0.2) is 22.9 Å². The van der Waals surface area contributed by atoms with Crippen molar-refractivity contribution < 1.29 is 9.53 Å². The third kappa shape index (κ3) is 2.29. The van der Waals surface area contributed by atoms with Crippen LogP contribution in [0.25, 0.3) is 0 Å². The zero-order chi connectivity index (χ0) is 15.9. The van der Waals surface area contributed by atoms with Crippen molar-refractivity contribution in [2.45, 2.75) is 25.9 Å². The number of halogens is 1. The maximum Gasteiger partial charge on any atom is 0.257 e. The van der Waals surface area contributed by atoms with E-state index >= 15 is 0 Å². The van der Waals surface area contributed by atoms with Gasteiger partial charge in [0.25, 0.3) is 5.91 Å². The molecule has 5 heteroatoms. The molecule has 1 aromatic carbocycles. The maximum absolute atomic E-state index is 12.8. The van der Waals surface area contributed by atoms with Gasteiger partial charge in [0.05, 0.1) is 18.2 Å². The highest BCUT2D eigenvalue weighted by Gasteiger charge is 2.44. The first-order valence-corrected chi connectivity index (χ1v) is 7.84. The molecule has 1 aliphatic heterocycles. The summed E-state index contributed by atoms with van der Waals surface area (Å²) in [6, 6.07) is 9.71. The number of aromatic nitrogens is 1. The van der Waals surface area contributed by atoms with Crippen LogP contribution in [0.15, 0.2) is 41.1 Å². The maximum atomic E-state index is 12.8. The quantitative estimate of drug-likeness (QED) is 0.782. The number of nitrogens with zero attached hydrogens (tertiary/aromatic N) is 2. The number of carbonyl (C=O) groups excluding carboxylic acids is 1. The zero-order valence-corrected chi connectivity index (χ0v) is 14.3. The number of methoxy groups -OCH3 is 1. The lowest BCUT2D eigenvalue weighted by atomic mass is 9.95. The first kappa shape index (κ1) is 15.0. The van der Waals surface area contributed by atoms with Crippen molar-refractivity contribution in [2.24, 2.45) is 0 Å². The first-order chi connectivity index (χ1) is 10.4. The Morgan fingerprint density at radius 3 is 2.50 bits per heavy atom. The number of rotatable bonds is 3. The van der Waals surface area contributed by atoms with Gasteiger partial charge in [-0.2, -0.15) is 0 Å². The standard InChI is InChI=1S/C17H17BrN2O2/c1-17(2)13-8-9-19-15(18)14(13)16(21)20(17)10-11-4-6-12(22-3)7-5-11/h4-9H,10H2,1-3H3. The van der Waals surface area contributed by atoms with Gasteiger partial charge in [0.15, 0.2) is 0 Å². The second kappa shape index (κ2) is 5.39. The van der Waals surface area contributed by atoms with Gasteiger partial charge in [-0.15, -0.1) is 0 Å². The van der Waals surface area contributed by atoms with Gasteiger partial charge in [-0.25, -0.2) is 4.98 Å². The molecular formula is C17H17BrN2O2. The molecule has 0 N–H and O–H groups in total. The molecule has 0 bridgehead atoms. The Hall–Kier alpha value is -1.88. The number of fused-ring (bicyclic) bond motifs is 1. The zero-order valence-electron chi connectivity index (χ0n) is 12.8. The van der Waals surface area contributed by atoms with Crippen molar-refractivity contribution in [3.63, 3.8) is 0 Å². The number of hydrogen-bond acceptors (Lipinski definition) is 3. The van der Waals surface area contributed by atoms with Gasteiger partial charge in [0.1, 0.15) is 10.4 Å². The predicted molar refractivity (Wildman–Crippen MR) is 87.8 cm³/mol. The van der Waals surface area contributed by atoms with Crippen molar-refractivity contribution in [2.75, 3.05) is 7.11 Å². The smallest absolute Gasteiger partial charge is 0.257 e. The summed E-state index contributed by atoms with van der Waals surface area (Å²) in [4.78, 5) is 18.9. The third-order valence-corrected chi connectivity index (χ3v) is 4.80. The Morgan fingerprint density at radius 2 is 1.91 bits per heavy atom. The second-order valence-electron chi connectivity index (χ2n) is 5.82. The van der Waals surface area contributed by atoms with Crippen molar-refractivity contribution in [3.05, 3.63) is 57.8 Å². The third-order valence-electron chi connectivity index (χ3n) is 4.20. The van der Waals surface area contributed by atoms with Gasteiger partial charge >= 0.3 is 0 Å². The fraction of sp³-hybridized carbons (Fsp3) is 0.294. The minimum Gasteiger partial charge on any atom is -0.497 e. The normalized spacial score (nSPS) is 15.8. The molecule has 22 heavy (non-hydrogen) atoms. The van der Waals surface area contributed by atoms with Crippen molar-refractivity contribution >= 4 is 21.8 Å². The van der Waals surface area contributed by atoms with E-state index < -0.39 is 0 Å². The average Bonchev–Trinajstić information content (AvgIpc) is 2.70. The Labute approximate surface area is 138 Å². The molecule has 0 unspecified atom stereocenters. The van der Waals surface area contributed by atoms with Crippen LogP contribution in [0.2, 0.25) is 0 Å². The predicted octanol–water partition coefficient (Wildman–Crippen LogP) is 3.74. The number of amides is 1. The second-order valence-corrected chi connectivity index (χ2v) is 6.57. The van der Waals surface area contributed by atoms with Gasteiger partial charge in [0.2, 0.25) is 0 Å². The molecule has 4 nitrogen and oxygen atoms in total. The summed E-state index contributed by atoms with van der Waals surface area (Å²) < 4.78 is 5.78. The van der Waals surface area contributed by atoms with Crippen molar-refractivity contribution in [1.29, 1.82) is 0 Å². The summed E-state index contributed by atoms with van der Waals surface area (Å²) in [6.07, 6.45) is 1.73. The van der Waals surface area contributed by atoms with Crippen LogP contribution >= 0.6 is 15.9 Å². The molecular weight excluding hydrogens is 344 g/mol. The van der Waals surface area contributed by atoms with E-state index in [1.807, 2.05) is 35.2 Å². The minimum atomic E-state index is -0.363. The van der Waals surface area contributed by atoms with E-state index in [0.717, 1.165) is 16.9 Å². The van der Waals surface area contributed by atoms with E-state index in [1.54, 1.807) is 13.3 Å². The molecule has 1 aliphatic rings. The number of hydrogen-bond donors (Lipinski definition) is 0. The number of pyridine rings is 1. The van der Waals surface area contributed by atoms with Gasteiger partial charge in [-0.1, -0.05) is 12.1 Å². The molecule has 1 amide bonds. The van der Waals surface area contributed by atoms with Crippen LogP contribution in [0, 0.1) is 0 Å². The molecule has 3 rings (SSSR count). The SMILES string of the molecule is COc1ccc(CN2C(=O)c3c(ccnc3Br)C2(C)C)cc1. The summed E-state index contributed by atoms with van der Waals surface area (Å²) >= 11 is 3.40. The minimum absolute atomic E-state index is 0.00999. The van der Waals surface area contributed by atoms with E-state index in [4.69, 9.17) is 4.74 Å². The van der Waals surface area contributed by atoms with Gasteiger partial charge in [0, 0.05) is 12.7 Å². The van der Waals surface area contributed by atoms with Gasteiger partial charge < -0.3 is 9.64 Å². The molecule has 2 heterocycles. The van der Waals surface area contributed by atoms with Crippen LogP contribution in [-0.2, 0) is 12.1 Å². The summed E-state index contributed by atoms with van der Waals surface area (Å²) in [5, 5.41) is 0. The van der Waals surface area contributed by atoms with Crippen molar-refractivity contribution in [1.82, 2.24) is 9.88 Å². The largest absolute Gasteiger partial charge is 0.497 e. The van der Waals surface area contributed by atoms with Crippen LogP contribution in [0.4, 0.5) is 0 Å². The Bertz CT molecular complexity index is 726. The summed E-state index contributed by atoms with van der Waals surface area (Å²) in [5.74, 6) is 0.821. The summed E-state index contributed by atoms with van der Waals surface area (Å²) in [6.45, 7) is 4.68. The molecule has 0 saturated carbocycles. The average molecular weight is 361 g/mol. The number of ether oxygens (including phenoxy) is 1. The topological polar surface area (TPSA) is 42.4 Å².